The molecule has 1 atom stereocenters. The van der Waals surface area contributed by atoms with Gasteiger partial charge in [0.2, 0.25) is 0 Å². The molecule has 2 aromatic rings. The van der Waals surface area contributed by atoms with Crippen LogP contribution in [-0.2, 0) is 21.2 Å². The van der Waals surface area contributed by atoms with E-state index >= 15 is 0 Å². The van der Waals surface area contributed by atoms with Crippen LogP contribution in [0.25, 0.3) is 0 Å². The van der Waals surface area contributed by atoms with Gasteiger partial charge in [-0.3, -0.25) is 4.79 Å². The zero-order valence-electron chi connectivity index (χ0n) is 15.3. The van der Waals surface area contributed by atoms with Gasteiger partial charge in [0.1, 0.15) is 11.5 Å². The number of carbonyl (C=O) groups is 1. The molecule has 1 saturated heterocycles. The van der Waals surface area contributed by atoms with Crippen LogP contribution < -0.4 is 4.74 Å². The number of hydrogen-bond acceptors (Lipinski definition) is 5. The Kier molecular flexibility index (Phi) is 5.95. The Labute approximate surface area is 167 Å². The van der Waals surface area contributed by atoms with Crippen molar-refractivity contribution in [3.05, 3.63) is 51.9 Å². The molecule has 1 aliphatic rings. The first-order valence-corrected chi connectivity index (χ1v) is 11.3. The molecule has 0 aliphatic carbocycles. The van der Waals surface area contributed by atoms with Crippen molar-refractivity contribution in [1.82, 2.24) is 4.90 Å². The summed E-state index contributed by atoms with van der Waals surface area (Å²) < 4.78 is 35.6. The van der Waals surface area contributed by atoms with Gasteiger partial charge in [-0.15, -0.1) is 0 Å². The third kappa shape index (κ3) is 4.93. The number of carbonyl (C=O) groups excluding carboxylic acids is 1. The third-order valence-corrected chi connectivity index (χ3v) is 7.01. The zero-order chi connectivity index (χ0) is 19.6. The van der Waals surface area contributed by atoms with E-state index in [0.717, 1.165) is 11.1 Å². The molecular formula is C19H22BrNO5S. The van der Waals surface area contributed by atoms with Crippen LogP contribution in [0.3, 0.4) is 0 Å². The lowest BCUT2D eigenvalue weighted by Crippen LogP contribution is -2.43. The number of furan rings is 1. The summed E-state index contributed by atoms with van der Waals surface area (Å²) in [5, 5.41) is 0. The number of sulfone groups is 1. The smallest absolute Gasteiger partial charge is 0.261 e. The highest BCUT2D eigenvalue weighted by atomic mass is 79.9. The van der Waals surface area contributed by atoms with Crippen LogP contribution in [0.2, 0.25) is 0 Å². The standard InChI is InChI=1S/C19H22BrNO5S/c1-13-4-3-5-17(14(13)2)25-11-19(22)21(10-16-6-7-18(20)26-16)15-8-9-27(23,24)12-15/h3-7,15H,8-12H2,1-2H3/t15-/m1/s1. The minimum Gasteiger partial charge on any atom is -0.483 e. The molecule has 0 bridgehead atoms. The molecule has 8 heteroatoms. The number of nitrogens with zero attached hydrogens (tertiary/aromatic N) is 1. The van der Waals surface area contributed by atoms with Crippen LogP contribution in [-0.4, -0.2) is 43.4 Å². The second kappa shape index (κ2) is 8.06. The maximum absolute atomic E-state index is 12.9. The van der Waals surface area contributed by atoms with Crippen LogP contribution >= 0.6 is 15.9 Å². The van der Waals surface area contributed by atoms with Crippen LogP contribution in [0.1, 0.15) is 23.3 Å². The van der Waals surface area contributed by atoms with E-state index in [2.05, 4.69) is 15.9 Å². The highest BCUT2D eigenvalue weighted by molar-refractivity contribution is 9.10. The van der Waals surface area contributed by atoms with Gasteiger partial charge in [0, 0.05) is 6.04 Å². The van der Waals surface area contributed by atoms with Crippen LogP contribution in [0.5, 0.6) is 5.75 Å². The molecule has 146 valence electrons. The summed E-state index contributed by atoms with van der Waals surface area (Å²) in [5.41, 5.74) is 2.06. The molecule has 0 unspecified atom stereocenters. The van der Waals surface area contributed by atoms with Gasteiger partial charge in [0.15, 0.2) is 21.1 Å². The second-order valence-electron chi connectivity index (χ2n) is 6.77. The molecule has 1 aromatic carbocycles. The summed E-state index contributed by atoms with van der Waals surface area (Å²) in [6.45, 7) is 3.98. The highest BCUT2D eigenvalue weighted by Gasteiger charge is 2.35. The van der Waals surface area contributed by atoms with Gasteiger partial charge in [-0.05, 0) is 65.5 Å². The fourth-order valence-electron chi connectivity index (χ4n) is 3.15. The number of hydrogen-bond donors (Lipinski definition) is 0. The Hall–Kier alpha value is -1.80. The summed E-state index contributed by atoms with van der Waals surface area (Å²) in [7, 11) is -3.12. The van der Waals surface area contributed by atoms with E-state index in [-0.39, 0.29) is 36.6 Å². The minimum atomic E-state index is -3.12. The van der Waals surface area contributed by atoms with Gasteiger partial charge in [-0.2, -0.15) is 0 Å². The highest BCUT2D eigenvalue weighted by Crippen LogP contribution is 2.24. The van der Waals surface area contributed by atoms with E-state index in [1.807, 2.05) is 32.0 Å². The molecular weight excluding hydrogens is 434 g/mol. The molecule has 6 nitrogen and oxygen atoms in total. The second-order valence-corrected chi connectivity index (χ2v) is 9.78. The van der Waals surface area contributed by atoms with E-state index in [4.69, 9.17) is 9.15 Å². The number of aryl methyl sites for hydroxylation is 1. The van der Waals surface area contributed by atoms with Crippen molar-refractivity contribution in [3.63, 3.8) is 0 Å². The zero-order valence-corrected chi connectivity index (χ0v) is 17.7. The molecule has 2 heterocycles. The van der Waals surface area contributed by atoms with E-state index in [0.29, 0.717) is 22.6 Å². The molecule has 27 heavy (non-hydrogen) atoms. The summed E-state index contributed by atoms with van der Waals surface area (Å²) >= 11 is 3.25. The molecule has 0 spiro atoms. The third-order valence-electron chi connectivity index (χ3n) is 4.83. The fourth-order valence-corrected chi connectivity index (χ4v) is 5.22. The van der Waals surface area contributed by atoms with Crippen molar-refractivity contribution in [1.29, 1.82) is 0 Å². The predicted molar refractivity (Wildman–Crippen MR) is 105 cm³/mol. The summed E-state index contributed by atoms with van der Waals surface area (Å²) in [6.07, 6.45) is 0.430. The SMILES string of the molecule is Cc1cccc(OCC(=O)N(Cc2ccc(Br)o2)[C@@H]2CCS(=O)(=O)C2)c1C. The summed E-state index contributed by atoms with van der Waals surface area (Å²) in [5.74, 6) is 1.06. The molecule has 1 aliphatic heterocycles. The molecule has 0 saturated carbocycles. The molecule has 0 N–H and O–H groups in total. The van der Waals surface area contributed by atoms with Crippen molar-refractivity contribution in [2.24, 2.45) is 0 Å². The van der Waals surface area contributed by atoms with E-state index < -0.39 is 9.84 Å². The lowest BCUT2D eigenvalue weighted by Gasteiger charge is -2.27. The Bertz CT molecular complexity index is 937. The fraction of sp³-hybridized carbons (Fsp3) is 0.421. The first-order chi connectivity index (χ1) is 12.7. The lowest BCUT2D eigenvalue weighted by molar-refractivity contribution is -0.136. The van der Waals surface area contributed by atoms with E-state index in [1.165, 1.54) is 0 Å². The number of ether oxygens (including phenoxy) is 1. The van der Waals surface area contributed by atoms with E-state index in [1.54, 1.807) is 17.0 Å². The van der Waals surface area contributed by atoms with Gasteiger partial charge in [0.25, 0.3) is 5.91 Å². The first kappa shape index (κ1) is 19.9. The molecule has 3 rings (SSSR count). The van der Waals surface area contributed by atoms with E-state index in [9.17, 15) is 13.2 Å². The number of rotatable bonds is 6. The molecule has 1 fully saturated rings. The Morgan fingerprint density at radius 2 is 2.07 bits per heavy atom. The van der Waals surface area contributed by atoms with Crippen molar-refractivity contribution < 1.29 is 22.4 Å². The van der Waals surface area contributed by atoms with Gasteiger partial charge in [-0.1, -0.05) is 12.1 Å². The van der Waals surface area contributed by atoms with Crippen LogP contribution in [0, 0.1) is 13.8 Å². The normalized spacial score (nSPS) is 18.4. The van der Waals surface area contributed by atoms with Gasteiger partial charge in [-0.25, -0.2) is 8.42 Å². The lowest BCUT2D eigenvalue weighted by atomic mass is 10.1. The maximum Gasteiger partial charge on any atom is 0.261 e. The maximum atomic E-state index is 12.9. The number of amides is 1. The number of benzene rings is 1. The van der Waals surface area contributed by atoms with Crippen molar-refractivity contribution >= 4 is 31.7 Å². The van der Waals surface area contributed by atoms with Gasteiger partial charge < -0.3 is 14.1 Å². The molecule has 0 radical (unpaired) electrons. The molecule has 1 amide bonds. The van der Waals surface area contributed by atoms with Crippen molar-refractivity contribution in [2.45, 2.75) is 32.9 Å². The largest absolute Gasteiger partial charge is 0.483 e. The van der Waals surface area contributed by atoms with Crippen molar-refractivity contribution in [2.75, 3.05) is 18.1 Å². The summed E-state index contributed by atoms with van der Waals surface area (Å²) in [6, 6.07) is 8.82. The average Bonchev–Trinajstić information content (AvgIpc) is 3.18. The van der Waals surface area contributed by atoms with Gasteiger partial charge >= 0.3 is 0 Å². The summed E-state index contributed by atoms with van der Waals surface area (Å²) in [4.78, 5) is 14.4. The quantitative estimate of drug-likeness (QED) is 0.667. The number of halogens is 1. The Morgan fingerprint density at radius 1 is 1.30 bits per heavy atom. The average molecular weight is 456 g/mol. The van der Waals surface area contributed by atoms with Crippen molar-refractivity contribution in [3.8, 4) is 5.75 Å². The Balaban J connectivity index is 1.74. The van der Waals surface area contributed by atoms with Crippen LogP contribution in [0.15, 0.2) is 39.4 Å². The first-order valence-electron chi connectivity index (χ1n) is 8.68. The topological polar surface area (TPSA) is 76.8 Å². The Morgan fingerprint density at radius 3 is 2.70 bits per heavy atom. The minimum absolute atomic E-state index is 0.0237. The monoisotopic (exact) mass is 455 g/mol. The predicted octanol–water partition coefficient (Wildman–Crippen LogP) is 3.25. The van der Waals surface area contributed by atoms with Crippen LogP contribution in [0.4, 0.5) is 0 Å². The molecule has 1 aromatic heterocycles. The van der Waals surface area contributed by atoms with Gasteiger partial charge in [0.05, 0.1) is 18.1 Å².